The topological polar surface area (TPSA) is 48.9 Å². The van der Waals surface area contributed by atoms with Crippen molar-refractivity contribution in [2.24, 2.45) is 0 Å². The maximum atomic E-state index is 12.0. The number of carbonyl (C=O) groups excluding carboxylic acids is 2. The van der Waals surface area contributed by atoms with Gasteiger partial charge < -0.3 is 13.7 Å². The molecule has 10 rings (SSSR count). The van der Waals surface area contributed by atoms with E-state index in [1.165, 1.54) is 38.4 Å². The van der Waals surface area contributed by atoms with Crippen LogP contribution in [0.2, 0.25) is 0 Å². The first-order valence-corrected chi connectivity index (χ1v) is 22.2. The lowest BCUT2D eigenvalue weighted by molar-refractivity contribution is 0.111. The van der Waals surface area contributed by atoms with Crippen LogP contribution in [0.1, 0.15) is 80.0 Å². The van der Waals surface area contributed by atoms with Crippen LogP contribution in [0.3, 0.4) is 0 Å². The number of benzene rings is 7. The second-order valence-corrected chi connectivity index (χ2v) is 16.8. The highest BCUT2D eigenvalue weighted by Crippen LogP contribution is 2.41. The minimum Gasteiger partial charge on any atom is -0.340 e. The van der Waals surface area contributed by atoms with Gasteiger partial charge in [-0.2, -0.15) is 0 Å². The molecule has 0 saturated carbocycles. The van der Waals surface area contributed by atoms with Gasteiger partial charge in [0.15, 0.2) is 0 Å². The van der Waals surface area contributed by atoms with Crippen LogP contribution in [0.25, 0.3) is 98.8 Å². The molecule has 0 atom stereocenters. The van der Waals surface area contributed by atoms with Gasteiger partial charge in [-0.1, -0.05) is 76.4 Å². The molecule has 0 amide bonds. The van der Waals surface area contributed by atoms with E-state index in [1.54, 1.807) is 0 Å². The Morgan fingerprint density at radius 3 is 1.05 bits per heavy atom. The fraction of sp³-hybridized carbons (Fsp3) is 0.214. The van der Waals surface area contributed by atoms with Crippen LogP contribution in [0.15, 0.2) is 133 Å². The lowest BCUT2D eigenvalue weighted by atomic mass is 9.92. The number of aromatic nitrogens is 3. The maximum absolute atomic E-state index is 12.0. The third-order valence-corrected chi connectivity index (χ3v) is 13.0. The van der Waals surface area contributed by atoms with Gasteiger partial charge in [0.25, 0.3) is 0 Å². The molecule has 0 N–H and O–H groups in total. The fourth-order valence-electron chi connectivity index (χ4n) is 9.78. The molecule has 61 heavy (non-hydrogen) atoms. The van der Waals surface area contributed by atoms with Crippen LogP contribution in [-0.2, 0) is 19.6 Å². The van der Waals surface area contributed by atoms with Crippen molar-refractivity contribution in [3.8, 4) is 33.4 Å². The zero-order valence-electron chi connectivity index (χ0n) is 35.4. The molecule has 5 heteroatoms. The van der Waals surface area contributed by atoms with E-state index in [1.807, 2.05) is 24.3 Å². The number of hydrogen-bond donors (Lipinski definition) is 0. The van der Waals surface area contributed by atoms with Gasteiger partial charge in [0, 0.05) is 96.2 Å². The molecule has 3 heterocycles. The van der Waals surface area contributed by atoms with E-state index >= 15 is 0 Å². The van der Waals surface area contributed by atoms with Crippen molar-refractivity contribution in [1.29, 1.82) is 0 Å². The third-order valence-electron chi connectivity index (χ3n) is 13.0. The summed E-state index contributed by atoms with van der Waals surface area (Å²) in [7, 11) is 0. The average molecular weight is 798 g/mol. The lowest BCUT2D eigenvalue weighted by Crippen LogP contribution is -1.97. The normalized spacial score (nSPS) is 11.9. The molecule has 5 nitrogen and oxygen atoms in total. The van der Waals surface area contributed by atoms with Crippen molar-refractivity contribution in [2.45, 2.75) is 78.9 Å². The number of aryl methyl sites for hydroxylation is 3. The predicted molar refractivity (Wildman–Crippen MR) is 257 cm³/mol. The van der Waals surface area contributed by atoms with E-state index in [0.29, 0.717) is 11.1 Å². The Hall–Kier alpha value is -6.72. The molecule has 0 aliphatic carbocycles. The highest BCUT2D eigenvalue weighted by atomic mass is 16.1. The largest absolute Gasteiger partial charge is 0.340 e. The van der Waals surface area contributed by atoms with Gasteiger partial charge >= 0.3 is 0 Å². The quantitative estimate of drug-likeness (QED) is 0.103. The van der Waals surface area contributed by atoms with Crippen molar-refractivity contribution in [1.82, 2.24) is 13.7 Å². The SMILES string of the molecule is CCCCn1c2ccccc2c2cc(-c3cc(-c4ccc5c(c4)c4cc(C=O)ccc4n5CCCC)cc(-c4ccc5c(c4)c4cc(C=O)ccc4n5CCCC)c3)ccc21. The van der Waals surface area contributed by atoms with Gasteiger partial charge in [0.1, 0.15) is 12.6 Å². The van der Waals surface area contributed by atoms with Crippen LogP contribution in [-0.4, -0.2) is 26.3 Å². The number of aldehydes is 2. The van der Waals surface area contributed by atoms with Crippen molar-refractivity contribution >= 4 is 78.0 Å². The van der Waals surface area contributed by atoms with Gasteiger partial charge in [0.05, 0.1) is 0 Å². The van der Waals surface area contributed by atoms with Crippen molar-refractivity contribution < 1.29 is 9.59 Å². The molecule has 7 aromatic carbocycles. The third kappa shape index (κ3) is 6.64. The molecule has 3 aromatic heterocycles. The summed E-state index contributed by atoms with van der Waals surface area (Å²) in [6.45, 7) is 9.57. The number of fused-ring (bicyclic) bond motifs is 9. The minimum absolute atomic E-state index is 0.690. The second kappa shape index (κ2) is 16.0. The van der Waals surface area contributed by atoms with Gasteiger partial charge in [0.2, 0.25) is 0 Å². The fourth-order valence-corrected chi connectivity index (χ4v) is 9.78. The monoisotopic (exact) mass is 797 g/mol. The first kappa shape index (κ1) is 38.5. The summed E-state index contributed by atoms with van der Waals surface area (Å²) in [6.07, 6.45) is 8.56. The molecule has 302 valence electrons. The van der Waals surface area contributed by atoms with E-state index in [9.17, 15) is 9.59 Å². The molecule has 0 bridgehead atoms. The Balaban J connectivity index is 1.20. The van der Waals surface area contributed by atoms with Crippen LogP contribution >= 0.6 is 0 Å². The van der Waals surface area contributed by atoms with Gasteiger partial charge in [-0.25, -0.2) is 0 Å². The van der Waals surface area contributed by atoms with Crippen molar-refractivity contribution in [3.05, 3.63) is 145 Å². The summed E-state index contributed by atoms with van der Waals surface area (Å²) < 4.78 is 7.33. The zero-order valence-corrected chi connectivity index (χ0v) is 35.4. The highest BCUT2D eigenvalue weighted by molar-refractivity contribution is 6.13. The smallest absolute Gasteiger partial charge is 0.150 e. The predicted octanol–water partition coefficient (Wildman–Crippen LogP) is 15.0. The number of carbonyl (C=O) groups is 2. The number of nitrogens with zero attached hydrogens (tertiary/aromatic N) is 3. The first-order chi connectivity index (χ1) is 30.0. The molecular weight excluding hydrogens is 747 g/mol. The summed E-state index contributed by atoms with van der Waals surface area (Å²) >= 11 is 0. The Bertz CT molecular complexity index is 3160. The maximum Gasteiger partial charge on any atom is 0.150 e. The molecule has 0 saturated heterocycles. The number of rotatable bonds is 14. The van der Waals surface area contributed by atoms with Crippen LogP contribution in [0.5, 0.6) is 0 Å². The van der Waals surface area contributed by atoms with Gasteiger partial charge in [-0.15, -0.1) is 0 Å². The average Bonchev–Trinajstić information content (AvgIpc) is 3.92. The highest BCUT2D eigenvalue weighted by Gasteiger charge is 2.18. The Morgan fingerprint density at radius 2 is 0.672 bits per heavy atom. The van der Waals surface area contributed by atoms with Crippen LogP contribution < -0.4 is 0 Å². The number of hydrogen-bond acceptors (Lipinski definition) is 2. The van der Waals surface area contributed by atoms with Crippen molar-refractivity contribution in [2.75, 3.05) is 0 Å². The molecular formula is C56H51N3O2. The van der Waals surface area contributed by atoms with E-state index in [-0.39, 0.29) is 0 Å². The molecule has 0 unspecified atom stereocenters. The summed E-state index contributed by atoms with van der Waals surface area (Å²) in [4.78, 5) is 24.0. The summed E-state index contributed by atoms with van der Waals surface area (Å²) in [5.74, 6) is 0. The molecule has 0 fully saturated rings. The Morgan fingerprint density at radius 1 is 0.344 bits per heavy atom. The van der Waals surface area contributed by atoms with Crippen molar-refractivity contribution in [3.63, 3.8) is 0 Å². The second-order valence-electron chi connectivity index (χ2n) is 16.8. The van der Waals surface area contributed by atoms with E-state index in [4.69, 9.17) is 0 Å². The standard InChI is InChI=1S/C56H51N3O2/c1-4-7-24-57-51-13-11-10-12-45(51)48-32-39(16-21-54(48)57)42-29-43(40-17-22-55-49(33-40)46-27-37(35-60)14-19-52(46)58(55)25-8-5-2)31-44(30-42)41-18-23-56-50(34-41)47-28-38(36-61)15-20-53(47)59(56)26-9-6-3/h10-23,27-36H,4-9,24-26H2,1-3H3. The molecule has 0 aliphatic heterocycles. The number of para-hydroxylation sites is 1. The van der Waals surface area contributed by atoms with Crippen LogP contribution in [0.4, 0.5) is 0 Å². The summed E-state index contributed by atoms with van der Waals surface area (Å²) in [5.41, 5.74) is 15.5. The van der Waals surface area contributed by atoms with E-state index in [0.717, 1.165) is 131 Å². The zero-order chi connectivity index (χ0) is 41.6. The Labute approximate surface area is 356 Å². The molecule has 0 aliphatic rings. The van der Waals surface area contributed by atoms with E-state index in [2.05, 4.69) is 144 Å². The van der Waals surface area contributed by atoms with E-state index < -0.39 is 0 Å². The summed E-state index contributed by atoms with van der Waals surface area (Å²) in [6, 6.07) is 48.8. The summed E-state index contributed by atoms with van der Waals surface area (Å²) in [5, 5.41) is 7.10. The number of unbranched alkanes of at least 4 members (excludes halogenated alkanes) is 3. The van der Waals surface area contributed by atoms with Gasteiger partial charge in [-0.05, 0) is 150 Å². The molecule has 10 aromatic rings. The first-order valence-electron chi connectivity index (χ1n) is 22.2. The van der Waals surface area contributed by atoms with Crippen LogP contribution in [0, 0.1) is 0 Å². The molecule has 0 spiro atoms. The minimum atomic E-state index is 0.690. The lowest BCUT2D eigenvalue weighted by Gasteiger charge is -2.13. The molecule has 0 radical (unpaired) electrons. The Kier molecular flexibility index (Phi) is 10.1. The van der Waals surface area contributed by atoms with Gasteiger partial charge in [-0.3, -0.25) is 9.59 Å².